The SMILES string of the molecule is Nc1c(-c2ccccc2)cc(Nc2ccc(-c3nc4ccccc4nc3-c3ccccc3)cc2)c(-c2ccccc2)c1-c1ccccc1. The number of nitrogens with two attached hydrogens (primary N) is 1. The molecule has 0 saturated heterocycles. The molecule has 1 heterocycles. The molecule has 0 spiro atoms. The molecule has 4 heteroatoms. The van der Waals surface area contributed by atoms with Crippen LogP contribution in [0.5, 0.6) is 0 Å². The Labute approximate surface area is 280 Å². The molecular formula is C44H32N4. The van der Waals surface area contributed by atoms with E-state index in [2.05, 4.69) is 108 Å². The van der Waals surface area contributed by atoms with Gasteiger partial charge in [-0.2, -0.15) is 0 Å². The molecule has 0 fully saturated rings. The van der Waals surface area contributed by atoms with E-state index >= 15 is 0 Å². The topological polar surface area (TPSA) is 63.8 Å². The molecule has 0 aliphatic rings. The smallest absolute Gasteiger partial charge is 0.0973 e. The number of hydrogen-bond acceptors (Lipinski definition) is 4. The van der Waals surface area contributed by atoms with Crippen molar-refractivity contribution in [3.05, 3.63) is 176 Å². The summed E-state index contributed by atoms with van der Waals surface area (Å²) in [5.41, 5.74) is 21.5. The van der Waals surface area contributed by atoms with Gasteiger partial charge in [0, 0.05) is 44.9 Å². The Balaban J connectivity index is 1.27. The quantitative estimate of drug-likeness (QED) is 0.175. The summed E-state index contributed by atoms with van der Waals surface area (Å²) in [6, 6.07) is 60.1. The van der Waals surface area contributed by atoms with Gasteiger partial charge < -0.3 is 11.1 Å². The number of fused-ring (bicyclic) bond motifs is 1. The van der Waals surface area contributed by atoms with Crippen molar-refractivity contribution in [2.24, 2.45) is 0 Å². The lowest BCUT2D eigenvalue weighted by Crippen LogP contribution is -2.02. The summed E-state index contributed by atoms with van der Waals surface area (Å²) in [5, 5.41) is 3.78. The molecule has 3 N–H and O–H groups in total. The van der Waals surface area contributed by atoms with Gasteiger partial charge in [-0.25, -0.2) is 9.97 Å². The van der Waals surface area contributed by atoms with Crippen LogP contribution in [0.2, 0.25) is 0 Å². The van der Waals surface area contributed by atoms with E-state index in [-0.39, 0.29) is 0 Å². The highest BCUT2D eigenvalue weighted by atomic mass is 14.9. The van der Waals surface area contributed by atoms with Crippen LogP contribution in [0.4, 0.5) is 17.1 Å². The summed E-state index contributed by atoms with van der Waals surface area (Å²) in [4.78, 5) is 10.1. The molecule has 48 heavy (non-hydrogen) atoms. The fourth-order valence-corrected chi connectivity index (χ4v) is 6.33. The monoisotopic (exact) mass is 616 g/mol. The van der Waals surface area contributed by atoms with Gasteiger partial charge in [0.2, 0.25) is 0 Å². The van der Waals surface area contributed by atoms with E-state index in [1.54, 1.807) is 0 Å². The van der Waals surface area contributed by atoms with E-state index in [4.69, 9.17) is 15.7 Å². The van der Waals surface area contributed by atoms with Crippen molar-refractivity contribution in [3.8, 4) is 55.9 Å². The zero-order valence-electron chi connectivity index (χ0n) is 26.2. The number of nitrogens with one attached hydrogen (secondary N) is 1. The van der Waals surface area contributed by atoms with Gasteiger partial charge in [0.05, 0.1) is 22.4 Å². The first kappa shape index (κ1) is 28.9. The Bertz CT molecular complexity index is 2340. The van der Waals surface area contributed by atoms with Gasteiger partial charge in [-0.05, 0) is 47.0 Å². The van der Waals surface area contributed by atoms with Crippen LogP contribution in [0.1, 0.15) is 0 Å². The standard InChI is InChI=1S/C44H32N4/c45-42-36(30-15-5-1-6-16-30)29-39(40(31-17-7-2-8-18-31)41(42)32-19-9-3-10-20-32)46-35-27-25-34(26-28-35)44-43(33-21-11-4-12-22-33)47-37-23-13-14-24-38(37)48-44/h1-29,46H,45H2. The van der Waals surface area contributed by atoms with Crippen LogP contribution in [0.25, 0.3) is 66.9 Å². The van der Waals surface area contributed by atoms with Crippen molar-refractivity contribution in [1.82, 2.24) is 9.97 Å². The molecule has 1 aromatic heterocycles. The maximum atomic E-state index is 7.09. The molecule has 228 valence electrons. The molecule has 0 amide bonds. The van der Waals surface area contributed by atoms with E-state index in [0.29, 0.717) is 0 Å². The number of nitrogens with zero attached hydrogens (tertiary/aromatic N) is 2. The average molecular weight is 617 g/mol. The van der Waals surface area contributed by atoms with Gasteiger partial charge in [0.1, 0.15) is 0 Å². The van der Waals surface area contributed by atoms with Crippen LogP contribution >= 0.6 is 0 Å². The van der Waals surface area contributed by atoms with Crippen molar-refractivity contribution in [1.29, 1.82) is 0 Å². The predicted octanol–water partition coefficient (Wildman–Crippen LogP) is 11.3. The van der Waals surface area contributed by atoms with Crippen LogP contribution in [0, 0.1) is 0 Å². The first-order valence-corrected chi connectivity index (χ1v) is 16.1. The first-order valence-electron chi connectivity index (χ1n) is 16.1. The van der Waals surface area contributed by atoms with E-state index in [1.165, 1.54) is 0 Å². The van der Waals surface area contributed by atoms with Crippen molar-refractivity contribution in [2.45, 2.75) is 0 Å². The third-order valence-electron chi connectivity index (χ3n) is 8.63. The second-order valence-electron chi connectivity index (χ2n) is 11.7. The molecule has 8 rings (SSSR count). The maximum absolute atomic E-state index is 7.09. The van der Waals surface area contributed by atoms with Gasteiger partial charge in [0.15, 0.2) is 0 Å². The fourth-order valence-electron chi connectivity index (χ4n) is 6.33. The van der Waals surface area contributed by atoms with Crippen LogP contribution in [-0.2, 0) is 0 Å². The number of anilines is 3. The Morgan fingerprint density at radius 1 is 0.396 bits per heavy atom. The number of para-hydroxylation sites is 2. The molecule has 4 nitrogen and oxygen atoms in total. The van der Waals surface area contributed by atoms with Crippen LogP contribution in [0.15, 0.2) is 176 Å². The van der Waals surface area contributed by atoms with E-state index in [9.17, 15) is 0 Å². The normalized spacial score (nSPS) is 11.0. The third-order valence-corrected chi connectivity index (χ3v) is 8.63. The van der Waals surface area contributed by atoms with Crippen LogP contribution < -0.4 is 11.1 Å². The Morgan fingerprint density at radius 3 is 1.33 bits per heavy atom. The lowest BCUT2D eigenvalue weighted by Gasteiger charge is -2.22. The number of nitrogen functional groups attached to an aromatic ring is 1. The summed E-state index contributed by atoms with van der Waals surface area (Å²) >= 11 is 0. The molecule has 0 bridgehead atoms. The highest BCUT2D eigenvalue weighted by molar-refractivity contribution is 6.04. The third kappa shape index (κ3) is 5.57. The second kappa shape index (κ2) is 12.7. The Morgan fingerprint density at radius 2 is 0.812 bits per heavy atom. The van der Waals surface area contributed by atoms with Gasteiger partial charge >= 0.3 is 0 Å². The van der Waals surface area contributed by atoms with Crippen LogP contribution in [-0.4, -0.2) is 9.97 Å². The van der Waals surface area contributed by atoms with Crippen LogP contribution in [0.3, 0.4) is 0 Å². The summed E-state index contributed by atoms with van der Waals surface area (Å²) in [7, 11) is 0. The summed E-state index contributed by atoms with van der Waals surface area (Å²) in [6.45, 7) is 0. The first-order chi connectivity index (χ1) is 23.7. The molecule has 0 atom stereocenters. The Hall–Kier alpha value is -6.52. The van der Waals surface area contributed by atoms with Crippen molar-refractivity contribution in [3.63, 3.8) is 0 Å². The lowest BCUT2D eigenvalue weighted by molar-refractivity contribution is 1.29. The second-order valence-corrected chi connectivity index (χ2v) is 11.7. The van der Waals surface area contributed by atoms with E-state index < -0.39 is 0 Å². The summed E-state index contributed by atoms with van der Waals surface area (Å²) < 4.78 is 0. The molecule has 7 aromatic carbocycles. The van der Waals surface area contributed by atoms with Gasteiger partial charge in [0.25, 0.3) is 0 Å². The average Bonchev–Trinajstić information content (AvgIpc) is 3.16. The summed E-state index contributed by atoms with van der Waals surface area (Å²) in [5.74, 6) is 0. The molecule has 0 aliphatic heterocycles. The fraction of sp³-hybridized carbons (Fsp3) is 0. The van der Waals surface area contributed by atoms with E-state index in [1.807, 2.05) is 72.8 Å². The van der Waals surface area contributed by atoms with Gasteiger partial charge in [-0.3, -0.25) is 0 Å². The molecule has 0 radical (unpaired) electrons. The molecular weight excluding hydrogens is 585 g/mol. The zero-order valence-corrected chi connectivity index (χ0v) is 26.2. The zero-order chi connectivity index (χ0) is 32.3. The number of hydrogen-bond donors (Lipinski definition) is 2. The lowest BCUT2D eigenvalue weighted by atomic mass is 9.87. The minimum Gasteiger partial charge on any atom is -0.398 e. The maximum Gasteiger partial charge on any atom is 0.0973 e. The van der Waals surface area contributed by atoms with Gasteiger partial charge in [-0.15, -0.1) is 0 Å². The highest BCUT2D eigenvalue weighted by Gasteiger charge is 2.21. The summed E-state index contributed by atoms with van der Waals surface area (Å²) in [6.07, 6.45) is 0. The van der Waals surface area contributed by atoms with Crippen molar-refractivity contribution in [2.75, 3.05) is 11.1 Å². The predicted molar refractivity (Wildman–Crippen MR) is 201 cm³/mol. The van der Waals surface area contributed by atoms with E-state index in [0.717, 1.165) is 84.0 Å². The molecule has 8 aromatic rings. The minimum atomic E-state index is 0.746. The highest BCUT2D eigenvalue weighted by Crippen LogP contribution is 2.47. The molecule has 0 aliphatic carbocycles. The Kier molecular flexibility index (Phi) is 7.65. The largest absolute Gasteiger partial charge is 0.398 e. The molecule has 0 saturated carbocycles. The number of aromatic nitrogens is 2. The number of benzene rings is 7. The van der Waals surface area contributed by atoms with Gasteiger partial charge in [-0.1, -0.05) is 146 Å². The minimum absolute atomic E-state index is 0.746. The van der Waals surface area contributed by atoms with Crippen molar-refractivity contribution >= 4 is 28.1 Å². The number of rotatable bonds is 7. The molecule has 0 unspecified atom stereocenters. The van der Waals surface area contributed by atoms with Crippen molar-refractivity contribution < 1.29 is 0 Å².